The number of rotatable bonds is 28. The van der Waals surface area contributed by atoms with Crippen LogP contribution in [0.2, 0.25) is 0 Å². The second kappa shape index (κ2) is 26.6. The van der Waals surface area contributed by atoms with Crippen molar-refractivity contribution < 1.29 is 9.47 Å². The summed E-state index contributed by atoms with van der Waals surface area (Å²) in [4.78, 5) is 0. The number of fused-ring (bicyclic) bond motifs is 2. The van der Waals surface area contributed by atoms with Crippen molar-refractivity contribution >= 4 is 28.5 Å². The van der Waals surface area contributed by atoms with Crippen LogP contribution in [0.5, 0.6) is 0 Å². The van der Waals surface area contributed by atoms with Crippen molar-refractivity contribution in [2.45, 2.75) is 149 Å². The van der Waals surface area contributed by atoms with E-state index in [4.69, 9.17) is 9.47 Å². The molecule has 0 bridgehead atoms. The molecule has 0 amide bonds. The zero-order valence-electron chi connectivity index (χ0n) is 33.9. The molecular weight excluding hydrogens is 645 g/mol. The molecule has 288 valence electrons. The van der Waals surface area contributed by atoms with Crippen molar-refractivity contribution in [3.05, 3.63) is 112 Å². The van der Waals surface area contributed by atoms with Crippen LogP contribution in [-0.2, 0) is 22.3 Å². The maximum Gasteiger partial charge on any atom is 0.0466 e. The molecule has 0 unspecified atom stereocenters. The van der Waals surface area contributed by atoms with Gasteiger partial charge >= 0.3 is 0 Å². The van der Waals surface area contributed by atoms with Gasteiger partial charge in [-0.2, -0.15) is 0 Å². The molecule has 0 atom stereocenters. The molecule has 0 aromatic heterocycles. The van der Waals surface area contributed by atoms with Crippen LogP contribution < -0.4 is 0 Å². The van der Waals surface area contributed by atoms with Crippen LogP contribution in [0, 0.1) is 0 Å². The Balaban J connectivity index is 1.17. The van der Waals surface area contributed by atoms with E-state index < -0.39 is 0 Å². The fourth-order valence-electron chi connectivity index (χ4n) is 7.36. The van der Waals surface area contributed by atoms with Crippen molar-refractivity contribution in [1.29, 1.82) is 0 Å². The molecule has 1 aliphatic rings. The lowest BCUT2D eigenvalue weighted by Gasteiger charge is -2.15. The highest BCUT2D eigenvalue weighted by molar-refractivity contribution is 5.91. The van der Waals surface area contributed by atoms with Crippen LogP contribution in [0.4, 0.5) is 0 Å². The molecule has 0 N–H and O–H groups in total. The maximum absolute atomic E-state index is 5.81. The second-order valence-corrected chi connectivity index (χ2v) is 15.4. The van der Waals surface area contributed by atoms with Gasteiger partial charge in [-0.05, 0) is 115 Å². The summed E-state index contributed by atoms with van der Waals surface area (Å²) in [6, 6.07) is 20.9. The Bertz CT molecular complexity index is 1570. The number of unbranched alkanes of at least 4 members (excludes halogenated alkanes) is 12. The molecule has 53 heavy (non-hydrogen) atoms. The van der Waals surface area contributed by atoms with Gasteiger partial charge in [0.2, 0.25) is 0 Å². The van der Waals surface area contributed by atoms with Gasteiger partial charge < -0.3 is 9.47 Å². The highest BCUT2D eigenvalue weighted by Gasteiger charge is 2.10. The standard InChI is InChI=1S/C51H72O2/c1-4-6-8-16-37-52-39-18-12-10-14-24-44-32-35-50-46(27-21-29-48(50)41-44)26-20-23-43(3)31-34-47-28-22-30-49-42-45(33-36-51(47)49)25-15-11-13-19-40-53-38-17-9-7-5-2/h20-22,26-27,29-36,41-42H,4-19,23-25,28,37-40H2,1-3H3/b26-20-,43-31+,47-34+. The van der Waals surface area contributed by atoms with E-state index in [9.17, 15) is 0 Å². The number of ether oxygens (including phenoxy) is 2. The molecule has 0 spiro atoms. The van der Waals surface area contributed by atoms with Crippen LogP contribution in [-0.4, -0.2) is 26.4 Å². The Morgan fingerprint density at radius 2 is 1.25 bits per heavy atom. The monoisotopic (exact) mass is 717 g/mol. The minimum absolute atomic E-state index is 0.926. The molecule has 0 radical (unpaired) electrons. The number of hydrogen-bond donors (Lipinski definition) is 0. The van der Waals surface area contributed by atoms with Gasteiger partial charge in [0.15, 0.2) is 0 Å². The van der Waals surface area contributed by atoms with Gasteiger partial charge in [-0.1, -0.05) is 175 Å². The van der Waals surface area contributed by atoms with Crippen molar-refractivity contribution in [3.8, 4) is 0 Å². The van der Waals surface area contributed by atoms with Crippen LogP contribution in [0.25, 0.3) is 28.5 Å². The Hall–Kier alpha value is -3.20. The predicted molar refractivity (Wildman–Crippen MR) is 234 cm³/mol. The smallest absolute Gasteiger partial charge is 0.0466 e. The fourth-order valence-corrected chi connectivity index (χ4v) is 7.36. The minimum atomic E-state index is 0.926. The van der Waals surface area contributed by atoms with E-state index in [0.29, 0.717) is 0 Å². The molecule has 3 aromatic carbocycles. The number of benzene rings is 3. The van der Waals surface area contributed by atoms with Gasteiger partial charge in [-0.3, -0.25) is 0 Å². The Labute approximate surface area is 324 Å². The van der Waals surface area contributed by atoms with E-state index in [1.165, 1.54) is 152 Å². The van der Waals surface area contributed by atoms with Gasteiger partial charge in [0, 0.05) is 26.4 Å². The van der Waals surface area contributed by atoms with E-state index in [-0.39, 0.29) is 0 Å². The minimum Gasteiger partial charge on any atom is -0.381 e. The summed E-state index contributed by atoms with van der Waals surface area (Å²) < 4.78 is 11.6. The van der Waals surface area contributed by atoms with Crippen LogP contribution in [0.1, 0.15) is 164 Å². The van der Waals surface area contributed by atoms with Crippen LogP contribution >= 0.6 is 0 Å². The molecule has 2 heteroatoms. The molecule has 4 rings (SSSR count). The summed E-state index contributed by atoms with van der Waals surface area (Å²) in [5, 5.41) is 2.69. The zero-order valence-corrected chi connectivity index (χ0v) is 33.9. The van der Waals surface area contributed by atoms with Crippen LogP contribution in [0.15, 0.2) is 84.5 Å². The quantitative estimate of drug-likeness (QED) is 0.0697. The van der Waals surface area contributed by atoms with Crippen molar-refractivity contribution in [3.63, 3.8) is 0 Å². The normalized spacial score (nSPS) is 13.9. The average molecular weight is 717 g/mol. The molecule has 3 aromatic rings. The Morgan fingerprint density at radius 1 is 0.642 bits per heavy atom. The number of hydrogen-bond acceptors (Lipinski definition) is 2. The Kier molecular flexibility index (Phi) is 21.3. The lowest BCUT2D eigenvalue weighted by Crippen LogP contribution is -1.98. The maximum atomic E-state index is 5.81. The first-order valence-electron chi connectivity index (χ1n) is 21.7. The molecule has 0 fully saturated rings. The topological polar surface area (TPSA) is 18.5 Å². The van der Waals surface area contributed by atoms with Gasteiger partial charge in [0.25, 0.3) is 0 Å². The summed E-state index contributed by atoms with van der Waals surface area (Å²) in [7, 11) is 0. The van der Waals surface area contributed by atoms with E-state index in [1.54, 1.807) is 0 Å². The molecule has 1 aliphatic carbocycles. The molecule has 0 saturated carbocycles. The van der Waals surface area contributed by atoms with Gasteiger partial charge in [0.1, 0.15) is 0 Å². The summed E-state index contributed by atoms with van der Waals surface area (Å²) in [6.45, 7) is 10.5. The first-order valence-corrected chi connectivity index (χ1v) is 21.7. The molecule has 0 aliphatic heterocycles. The molecule has 0 heterocycles. The lowest BCUT2D eigenvalue weighted by molar-refractivity contribution is 0.125. The van der Waals surface area contributed by atoms with E-state index in [0.717, 1.165) is 52.1 Å². The third-order valence-electron chi connectivity index (χ3n) is 10.7. The van der Waals surface area contributed by atoms with Crippen LogP contribution in [0.3, 0.4) is 0 Å². The average Bonchev–Trinajstić information content (AvgIpc) is 3.18. The van der Waals surface area contributed by atoms with E-state index >= 15 is 0 Å². The second-order valence-electron chi connectivity index (χ2n) is 15.4. The SMILES string of the molecule is CCCCCCOCCCCCCc1ccc2c(c1)C=CC/C2=C\C=C(/C)C/C=C\c1cccc2cc(CCCCCCOCCCCCC)ccc12. The lowest BCUT2D eigenvalue weighted by atomic mass is 9.89. The van der Waals surface area contributed by atoms with Gasteiger partial charge in [0.05, 0.1) is 0 Å². The summed E-state index contributed by atoms with van der Waals surface area (Å²) in [5.74, 6) is 0. The van der Waals surface area contributed by atoms with Crippen molar-refractivity contribution in [2.75, 3.05) is 26.4 Å². The number of allylic oxidation sites excluding steroid dienone is 6. The van der Waals surface area contributed by atoms with E-state index in [2.05, 4.69) is 112 Å². The third-order valence-corrected chi connectivity index (χ3v) is 10.7. The van der Waals surface area contributed by atoms with E-state index in [1.807, 2.05) is 0 Å². The third kappa shape index (κ3) is 16.8. The summed E-state index contributed by atoms with van der Waals surface area (Å²) in [5.41, 5.74) is 9.77. The largest absolute Gasteiger partial charge is 0.381 e. The Morgan fingerprint density at radius 3 is 1.91 bits per heavy atom. The van der Waals surface area contributed by atoms with Gasteiger partial charge in [-0.25, -0.2) is 0 Å². The summed E-state index contributed by atoms with van der Waals surface area (Å²) >= 11 is 0. The molecular formula is C51H72O2. The van der Waals surface area contributed by atoms with Crippen molar-refractivity contribution in [1.82, 2.24) is 0 Å². The highest BCUT2D eigenvalue weighted by atomic mass is 16.5. The first-order chi connectivity index (χ1) is 26.2. The molecule has 2 nitrogen and oxygen atoms in total. The zero-order chi connectivity index (χ0) is 37.2. The predicted octanol–water partition coefficient (Wildman–Crippen LogP) is 15.1. The fraction of sp³-hybridized carbons (Fsp3) is 0.529. The molecule has 0 saturated heterocycles. The number of aryl methyl sites for hydroxylation is 2. The first kappa shape index (κ1) is 42.5. The van der Waals surface area contributed by atoms with Crippen molar-refractivity contribution in [2.24, 2.45) is 0 Å². The summed E-state index contributed by atoms with van der Waals surface area (Å²) in [6.07, 6.45) is 38.5. The highest BCUT2D eigenvalue weighted by Crippen LogP contribution is 2.30. The van der Waals surface area contributed by atoms with Gasteiger partial charge in [-0.15, -0.1) is 0 Å².